The van der Waals surface area contributed by atoms with Crippen LogP contribution in [0, 0.1) is 11.3 Å². The van der Waals surface area contributed by atoms with E-state index in [1.165, 1.54) is 36.4 Å². The minimum Gasteiger partial charge on any atom is -0.504 e. The zero-order valence-corrected chi connectivity index (χ0v) is 21.1. The van der Waals surface area contributed by atoms with Crippen LogP contribution >= 0.6 is 0 Å². The van der Waals surface area contributed by atoms with Gasteiger partial charge in [-0.3, -0.25) is 5.41 Å². The number of fused-ring (bicyclic) bond motifs is 5. The van der Waals surface area contributed by atoms with E-state index >= 15 is 0 Å². The van der Waals surface area contributed by atoms with Crippen LogP contribution in [0.5, 0.6) is 23.0 Å². The molecule has 0 saturated heterocycles. The highest BCUT2D eigenvalue weighted by atomic mass is 16.5. The van der Waals surface area contributed by atoms with Crippen molar-refractivity contribution in [3.8, 4) is 23.0 Å². The Kier molecular flexibility index (Phi) is 5.87. The van der Waals surface area contributed by atoms with Gasteiger partial charge in [0, 0.05) is 28.8 Å². The molecule has 3 atom stereocenters. The van der Waals surface area contributed by atoms with Crippen molar-refractivity contribution in [3.05, 3.63) is 112 Å². The molecular formula is C31H27N3O5. The molecule has 0 fully saturated rings. The van der Waals surface area contributed by atoms with E-state index in [9.17, 15) is 15.0 Å². The summed E-state index contributed by atoms with van der Waals surface area (Å²) in [6, 6.07) is 23.5. The normalized spacial score (nSPS) is 18.7. The summed E-state index contributed by atoms with van der Waals surface area (Å²) in [7, 11) is 1.50. The molecule has 0 spiro atoms. The third kappa shape index (κ3) is 4.20. The first-order valence-corrected chi connectivity index (χ1v) is 12.6. The van der Waals surface area contributed by atoms with Gasteiger partial charge in [-0.05, 0) is 71.5 Å². The highest BCUT2D eigenvalue weighted by Crippen LogP contribution is 2.56. The van der Waals surface area contributed by atoms with E-state index < -0.39 is 5.97 Å². The summed E-state index contributed by atoms with van der Waals surface area (Å²) in [6.07, 6.45) is 0.805. The number of carboxylic acid groups (broad SMARTS) is 1. The van der Waals surface area contributed by atoms with Gasteiger partial charge in [-0.25, -0.2) is 4.79 Å². The second-order valence-electron chi connectivity index (χ2n) is 9.88. The maximum absolute atomic E-state index is 11.5. The van der Waals surface area contributed by atoms with Gasteiger partial charge < -0.3 is 30.7 Å². The maximum Gasteiger partial charge on any atom is 0.335 e. The van der Waals surface area contributed by atoms with Crippen molar-refractivity contribution in [2.45, 2.75) is 18.4 Å². The summed E-state index contributed by atoms with van der Waals surface area (Å²) in [4.78, 5) is 11.5. The van der Waals surface area contributed by atoms with Gasteiger partial charge in [-0.1, -0.05) is 30.3 Å². The van der Waals surface area contributed by atoms with Crippen molar-refractivity contribution >= 4 is 17.5 Å². The van der Waals surface area contributed by atoms with Crippen molar-refractivity contribution in [3.63, 3.8) is 0 Å². The summed E-state index contributed by atoms with van der Waals surface area (Å²) in [5.74, 6) is 0.0537. The van der Waals surface area contributed by atoms with Crippen LogP contribution in [0.4, 0.5) is 5.69 Å². The molecule has 6 rings (SSSR count). The van der Waals surface area contributed by atoms with Crippen LogP contribution in [0.2, 0.25) is 0 Å². The van der Waals surface area contributed by atoms with Crippen molar-refractivity contribution in [1.29, 1.82) is 5.41 Å². The van der Waals surface area contributed by atoms with E-state index in [0.29, 0.717) is 22.8 Å². The average Bonchev–Trinajstić information content (AvgIpc) is 3.33. The lowest BCUT2D eigenvalue weighted by Gasteiger charge is -2.38. The zero-order valence-electron chi connectivity index (χ0n) is 21.1. The third-order valence-electron chi connectivity index (χ3n) is 7.67. The summed E-state index contributed by atoms with van der Waals surface area (Å²) in [6.45, 7) is 0. The van der Waals surface area contributed by atoms with Crippen molar-refractivity contribution in [1.82, 2.24) is 0 Å². The maximum atomic E-state index is 11.5. The molecule has 6 N–H and O–H groups in total. The van der Waals surface area contributed by atoms with Gasteiger partial charge in [-0.15, -0.1) is 0 Å². The summed E-state index contributed by atoms with van der Waals surface area (Å²) in [5.41, 5.74) is 11.9. The lowest BCUT2D eigenvalue weighted by Crippen LogP contribution is -2.31. The molecule has 4 aromatic carbocycles. The van der Waals surface area contributed by atoms with E-state index in [0.717, 1.165) is 23.2 Å². The van der Waals surface area contributed by atoms with Crippen LogP contribution < -0.4 is 20.5 Å². The molecule has 0 aromatic heterocycles. The standard InChI is InChI=1S/C31H27N3O5/c1-38-27-14-22(26(15-25(27)35)39-19-7-4-6-18(11-19)31(36)37)29-23-12-16-5-2-3-8-20(16)28(23)21-13-17(30(32)33)9-10-24(21)34-29/h2-11,13-15,23,28-29,34-35H,12H2,1H3,(H3,32,33)(H,36,37). The molecule has 0 bridgehead atoms. The number of amidine groups is 1. The average molecular weight is 522 g/mol. The Morgan fingerprint density at radius 2 is 1.77 bits per heavy atom. The second kappa shape index (κ2) is 9.40. The van der Waals surface area contributed by atoms with E-state index in [1.54, 1.807) is 18.2 Å². The van der Waals surface area contributed by atoms with E-state index in [4.69, 9.17) is 20.6 Å². The quantitative estimate of drug-likeness (QED) is 0.163. The van der Waals surface area contributed by atoms with E-state index in [2.05, 4.69) is 17.4 Å². The molecule has 0 amide bonds. The Labute approximate surface area is 225 Å². The van der Waals surface area contributed by atoms with Crippen molar-refractivity contribution in [2.24, 2.45) is 11.7 Å². The van der Waals surface area contributed by atoms with Gasteiger partial charge in [0.05, 0.1) is 18.7 Å². The van der Waals surface area contributed by atoms with Crippen LogP contribution in [-0.4, -0.2) is 29.1 Å². The number of rotatable bonds is 6. The van der Waals surface area contributed by atoms with Gasteiger partial charge >= 0.3 is 5.97 Å². The highest BCUT2D eigenvalue weighted by molar-refractivity contribution is 5.96. The Hall–Kier alpha value is -4.98. The first kappa shape index (κ1) is 24.4. The minimum absolute atomic E-state index is 0.0188. The number of carbonyl (C=O) groups is 1. The van der Waals surface area contributed by atoms with Crippen LogP contribution in [-0.2, 0) is 6.42 Å². The topological polar surface area (TPSA) is 138 Å². The Balaban J connectivity index is 1.50. The first-order valence-electron chi connectivity index (χ1n) is 12.6. The monoisotopic (exact) mass is 521 g/mol. The fraction of sp³-hybridized carbons (Fsp3) is 0.161. The summed E-state index contributed by atoms with van der Waals surface area (Å²) < 4.78 is 11.7. The van der Waals surface area contributed by atoms with E-state index in [-0.39, 0.29) is 35.0 Å². The molecule has 4 aromatic rings. The Morgan fingerprint density at radius 1 is 0.949 bits per heavy atom. The summed E-state index contributed by atoms with van der Waals surface area (Å²) >= 11 is 0. The molecule has 196 valence electrons. The molecule has 8 heteroatoms. The SMILES string of the molecule is COc1cc(C2Nc3ccc(C(=N)N)cc3C3c4ccccc4CC23)c(Oc2cccc(C(=O)O)c2)cc1O. The molecule has 1 aliphatic carbocycles. The second-order valence-corrected chi connectivity index (χ2v) is 9.88. The number of nitrogens with one attached hydrogen (secondary N) is 2. The molecule has 8 nitrogen and oxygen atoms in total. The number of ether oxygens (including phenoxy) is 2. The number of nitrogen functional groups attached to an aromatic ring is 1. The number of hydrogen-bond acceptors (Lipinski definition) is 6. The van der Waals surface area contributed by atoms with Gasteiger partial charge in [0.25, 0.3) is 0 Å². The molecule has 1 heterocycles. The number of carboxylic acids is 1. The zero-order chi connectivity index (χ0) is 27.3. The number of anilines is 1. The fourth-order valence-corrected chi connectivity index (χ4v) is 5.92. The third-order valence-corrected chi connectivity index (χ3v) is 7.67. The molecular weight excluding hydrogens is 494 g/mol. The smallest absolute Gasteiger partial charge is 0.335 e. The van der Waals surface area contributed by atoms with Gasteiger partial charge in [-0.2, -0.15) is 0 Å². The van der Waals surface area contributed by atoms with Crippen LogP contribution in [0.15, 0.2) is 78.9 Å². The highest BCUT2D eigenvalue weighted by Gasteiger charge is 2.44. The molecule has 0 saturated carbocycles. The minimum atomic E-state index is -1.06. The van der Waals surface area contributed by atoms with Gasteiger partial charge in [0.2, 0.25) is 0 Å². The lowest BCUT2D eigenvalue weighted by molar-refractivity contribution is 0.0696. The summed E-state index contributed by atoms with van der Waals surface area (Å²) in [5, 5.41) is 31.7. The van der Waals surface area contributed by atoms with E-state index in [1.807, 2.05) is 30.3 Å². The molecule has 3 unspecified atom stereocenters. The number of benzene rings is 4. The Morgan fingerprint density at radius 3 is 2.54 bits per heavy atom. The molecule has 1 aliphatic heterocycles. The molecule has 39 heavy (non-hydrogen) atoms. The van der Waals surface area contributed by atoms with Crippen molar-refractivity contribution < 1.29 is 24.5 Å². The largest absolute Gasteiger partial charge is 0.504 e. The Bertz CT molecular complexity index is 1630. The number of nitrogens with two attached hydrogens (primary N) is 1. The number of phenolic OH excluding ortho intramolecular Hbond substituents is 1. The predicted molar refractivity (Wildman–Crippen MR) is 147 cm³/mol. The van der Waals surface area contributed by atoms with Gasteiger partial charge in [0.1, 0.15) is 17.3 Å². The number of aromatic hydroxyl groups is 1. The van der Waals surface area contributed by atoms with Crippen molar-refractivity contribution in [2.75, 3.05) is 12.4 Å². The first-order chi connectivity index (χ1) is 18.8. The van der Waals surface area contributed by atoms with Crippen LogP contribution in [0.25, 0.3) is 0 Å². The van der Waals surface area contributed by atoms with Crippen LogP contribution in [0.3, 0.4) is 0 Å². The predicted octanol–water partition coefficient (Wildman–Crippen LogP) is 5.65. The number of aromatic carboxylic acids is 1. The molecule has 0 radical (unpaired) electrons. The van der Waals surface area contributed by atoms with Crippen LogP contribution in [0.1, 0.15) is 50.1 Å². The lowest BCUT2D eigenvalue weighted by atomic mass is 9.75. The molecule has 2 aliphatic rings. The number of hydrogen-bond donors (Lipinski definition) is 5. The van der Waals surface area contributed by atoms with Gasteiger partial charge in [0.15, 0.2) is 11.5 Å². The number of methoxy groups -OCH3 is 1. The fourth-order valence-electron chi connectivity index (χ4n) is 5.92. The number of phenols is 1.